The van der Waals surface area contributed by atoms with Crippen molar-refractivity contribution < 1.29 is 17.7 Å². The maximum Gasteiger partial charge on any atom is 0.248 e. The summed E-state index contributed by atoms with van der Waals surface area (Å²) in [6.07, 6.45) is 3.79. The molecule has 2 saturated heterocycles. The van der Waals surface area contributed by atoms with Gasteiger partial charge in [-0.05, 0) is 58.0 Å². The second kappa shape index (κ2) is 7.93. The normalized spacial score (nSPS) is 25.2. The molecule has 1 aromatic heterocycles. The first-order chi connectivity index (χ1) is 12.8. The molecular weight excluding hydrogens is 404 g/mol. The van der Waals surface area contributed by atoms with Crippen LogP contribution in [0.3, 0.4) is 0 Å². The number of nitrogens with zero attached hydrogens (tertiary/aromatic N) is 3. The number of piperidine rings is 1. The van der Waals surface area contributed by atoms with E-state index in [2.05, 4.69) is 10.5 Å². The Morgan fingerprint density at radius 3 is 2.54 bits per heavy atom. The molecule has 10 heteroatoms. The highest BCUT2D eigenvalue weighted by atomic mass is 35.5. The summed E-state index contributed by atoms with van der Waals surface area (Å²) in [6, 6.07) is 0. The summed E-state index contributed by atoms with van der Waals surface area (Å²) in [7, 11) is -3.65. The van der Waals surface area contributed by atoms with Crippen LogP contribution in [0.5, 0.6) is 0 Å². The van der Waals surface area contributed by atoms with E-state index in [0.29, 0.717) is 44.1 Å². The smallest absolute Gasteiger partial charge is 0.248 e. The topological polar surface area (TPSA) is 95.8 Å². The van der Waals surface area contributed by atoms with Crippen molar-refractivity contribution >= 4 is 28.3 Å². The number of rotatable bonds is 3. The van der Waals surface area contributed by atoms with Gasteiger partial charge < -0.3 is 14.7 Å². The van der Waals surface area contributed by atoms with Gasteiger partial charge in [0.15, 0.2) is 5.76 Å². The molecule has 0 radical (unpaired) electrons. The van der Waals surface area contributed by atoms with Crippen molar-refractivity contribution in [1.82, 2.24) is 19.7 Å². The third kappa shape index (κ3) is 3.69. The zero-order valence-corrected chi connectivity index (χ0v) is 18.1. The Morgan fingerprint density at radius 2 is 1.89 bits per heavy atom. The first-order valence-corrected chi connectivity index (χ1v) is 11.2. The lowest BCUT2D eigenvalue weighted by atomic mass is 9.91. The molecule has 1 saturated carbocycles. The number of carbonyl (C=O) groups excluding carboxylic acids is 1. The minimum atomic E-state index is -3.65. The third-order valence-corrected chi connectivity index (χ3v) is 8.56. The maximum absolute atomic E-state index is 13.0. The highest BCUT2D eigenvalue weighted by Crippen LogP contribution is 2.59. The third-order valence-electron chi connectivity index (χ3n) is 6.42. The fraction of sp³-hybridized carbons (Fsp3) is 0.778. The molecule has 3 fully saturated rings. The van der Waals surface area contributed by atoms with Gasteiger partial charge in [0.05, 0.1) is 0 Å². The number of amides is 1. The molecular formula is C18H29ClN4O4S. The Balaban J connectivity index is 0.00000225. The van der Waals surface area contributed by atoms with Gasteiger partial charge in [-0.15, -0.1) is 12.4 Å². The molecule has 4 rings (SSSR count). The van der Waals surface area contributed by atoms with E-state index in [9.17, 15) is 13.2 Å². The van der Waals surface area contributed by atoms with E-state index >= 15 is 0 Å². The zero-order chi connectivity index (χ0) is 19.2. The average molecular weight is 433 g/mol. The Kier molecular flexibility index (Phi) is 6.10. The molecule has 0 bridgehead atoms. The first kappa shape index (κ1) is 21.5. The van der Waals surface area contributed by atoms with E-state index in [4.69, 9.17) is 4.52 Å². The van der Waals surface area contributed by atoms with Crippen LogP contribution in [0.2, 0.25) is 0 Å². The molecule has 28 heavy (non-hydrogen) atoms. The van der Waals surface area contributed by atoms with Gasteiger partial charge in [-0.25, -0.2) is 8.42 Å². The van der Waals surface area contributed by atoms with Crippen LogP contribution in [0.1, 0.15) is 37.1 Å². The molecule has 1 aromatic rings. The van der Waals surface area contributed by atoms with Crippen molar-refractivity contribution in [3.05, 3.63) is 11.5 Å². The summed E-state index contributed by atoms with van der Waals surface area (Å²) < 4.78 is 32.6. The summed E-state index contributed by atoms with van der Waals surface area (Å²) in [5.74, 6) is 0.661. The average Bonchev–Trinajstić information content (AvgIpc) is 3.29. The molecule has 3 heterocycles. The van der Waals surface area contributed by atoms with E-state index < -0.39 is 10.0 Å². The molecule has 1 N–H and O–H groups in total. The van der Waals surface area contributed by atoms with Crippen LogP contribution >= 0.6 is 12.4 Å². The summed E-state index contributed by atoms with van der Waals surface area (Å²) >= 11 is 0. The van der Waals surface area contributed by atoms with Crippen LogP contribution in [0, 0.1) is 25.2 Å². The number of aromatic nitrogens is 1. The lowest BCUT2D eigenvalue weighted by molar-refractivity contribution is -0.133. The zero-order valence-electron chi connectivity index (χ0n) is 16.4. The van der Waals surface area contributed by atoms with Crippen molar-refractivity contribution in [2.45, 2.75) is 44.4 Å². The van der Waals surface area contributed by atoms with Crippen molar-refractivity contribution in [1.29, 1.82) is 0 Å². The molecule has 1 atom stereocenters. The molecule has 1 amide bonds. The van der Waals surface area contributed by atoms with Gasteiger partial charge in [0.25, 0.3) is 0 Å². The van der Waals surface area contributed by atoms with Crippen LogP contribution < -0.4 is 5.32 Å². The van der Waals surface area contributed by atoms with Gasteiger partial charge in [0.2, 0.25) is 15.9 Å². The molecule has 3 aliphatic rings. The predicted molar refractivity (Wildman–Crippen MR) is 106 cm³/mol. The number of halogens is 1. The summed E-state index contributed by atoms with van der Waals surface area (Å²) in [5.41, 5.74) is 0.590. The first-order valence-electron chi connectivity index (χ1n) is 9.78. The molecule has 1 aliphatic carbocycles. The van der Waals surface area contributed by atoms with Gasteiger partial charge in [0.1, 0.15) is 10.6 Å². The lowest BCUT2D eigenvalue weighted by Gasteiger charge is -2.26. The molecule has 1 spiro atoms. The van der Waals surface area contributed by atoms with E-state index in [1.165, 1.54) is 4.31 Å². The van der Waals surface area contributed by atoms with Crippen LogP contribution in [-0.2, 0) is 14.8 Å². The van der Waals surface area contributed by atoms with E-state index in [1.54, 1.807) is 13.8 Å². The highest BCUT2D eigenvalue weighted by molar-refractivity contribution is 7.89. The van der Waals surface area contributed by atoms with Gasteiger partial charge in [-0.3, -0.25) is 4.79 Å². The Hall–Kier alpha value is -1.16. The van der Waals surface area contributed by atoms with Crippen molar-refractivity contribution in [2.24, 2.45) is 11.3 Å². The Morgan fingerprint density at radius 1 is 1.18 bits per heavy atom. The lowest BCUT2D eigenvalue weighted by Crippen LogP contribution is -2.39. The number of hydrogen-bond donors (Lipinski definition) is 1. The number of aryl methyl sites for hydroxylation is 2. The summed E-state index contributed by atoms with van der Waals surface area (Å²) in [4.78, 5) is 15.0. The predicted octanol–water partition coefficient (Wildman–Crippen LogP) is 1.33. The van der Waals surface area contributed by atoms with Crippen molar-refractivity contribution in [2.75, 3.05) is 39.3 Å². The molecule has 158 valence electrons. The minimum Gasteiger partial charge on any atom is -0.360 e. The minimum absolute atomic E-state index is 0. The molecule has 0 aromatic carbocycles. The second-order valence-electron chi connectivity index (χ2n) is 8.11. The van der Waals surface area contributed by atoms with E-state index in [0.717, 1.165) is 32.4 Å². The molecule has 1 unspecified atom stereocenters. The number of carbonyl (C=O) groups is 1. The SMILES string of the molecule is Cc1noc(C)c1S(=O)(=O)N1CCCN(C(=O)C2CC23CCNCC3)CC1.Cl. The van der Waals surface area contributed by atoms with Gasteiger partial charge in [0, 0.05) is 32.1 Å². The second-order valence-corrected chi connectivity index (χ2v) is 9.98. The fourth-order valence-corrected chi connectivity index (χ4v) is 6.48. The van der Waals surface area contributed by atoms with Crippen molar-refractivity contribution in [3.63, 3.8) is 0 Å². The largest absolute Gasteiger partial charge is 0.360 e. The maximum atomic E-state index is 13.0. The molecule has 8 nitrogen and oxygen atoms in total. The van der Waals surface area contributed by atoms with Gasteiger partial charge in [-0.2, -0.15) is 4.31 Å². The summed E-state index contributed by atoms with van der Waals surface area (Å²) in [6.45, 7) is 7.05. The van der Waals surface area contributed by atoms with Crippen LogP contribution in [0.15, 0.2) is 9.42 Å². The fourth-order valence-electron chi connectivity index (χ4n) is 4.72. The standard InChI is InChI=1S/C18H28N4O4S.ClH/c1-13-16(14(2)26-20-13)27(24,25)22-9-3-8-21(10-11-22)17(23)15-12-18(15)4-6-19-7-5-18;/h15,19H,3-12H2,1-2H3;1H. The van der Waals surface area contributed by atoms with Crippen LogP contribution in [0.25, 0.3) is 0 Å². The van der Waals surface area contributed by atoms with Crippen molar-refractivity contribution in [3.8, 4) is 0 Å². The monoisotopic (exact) mass is 432 g/mol. The van der Waals surface area contributed by atoms with Gasteiger partial charge in [-0.1, -0.05) is 5.16 Å². The summed E-state index contributed by atoms with van der Waals surface area (Å²) in [5, 5.41) is 7.14. The highest BCUT2D eigenvalue weighted by Gasteiger charge is 2.58. The molecule has 2 aliphatic heterocycles. The quantitative estimate of drug-likeness (QED) is 0.774. The Bertz CT molecular complexity index is 815. The van der Waals surface area contributed by atoms with Crippen LogP contribution in [-0.4, -0.2) is 68.0 Å². The number of hydrogen-bond acceptors (Lipinski definition) is 6. The van der Waals surface area contributed by atoms with E-state index in [1.807, 2.05) is 4.90 Å². The van der Waals surface area contributed by atoms with E-state index in [-0.39, 0.29) is 34.5 Å². The number of sulfonamides is 1. The number of nitrogens with one attached hydrogen (secondary N) is 1. The Labute approximate surface area is 172 Å². The van der Waals surface area contributed by atoms with Gasteiger partial charge >= 0.3 is 0 Å². The van der Waals surface area contributed by atoms with Crippen LogP contribution in [0.4, 0.5) is 0 Å².